The Morgan fingerprint density at radius 3 is 2.45 bits per heavy atom. The van der Waals surface area contributed by atoms with E-state index in [-0.39, 0.29) is 12.5 Å². The maximum absolute atomic E-state index is 14.0. The largest absolute Gasteiger partial charge is 0.495 e. The van der Waals surface area contributed by atoms with Crippen LogP contribution in [0.15, 0.2) is 79.4 Å². The quantitative estimate of drug-likeness (QED) is 0.290. The van der Waals surface area contributed by atoms with Crippen LogP contribution in [0, 0.1) is 11.6 Å². The molecule has 0 saturated carbocycles. The molecule has 1 aliphatic heterocycles. The monoisotopic (exact) mass is 517 g/mol. The van der Waals surface area contributed by atoms with Gasteiger partial charge in [0.2, 0.25) is 0 Å². The second kappa shape index (κ2) is 11.0. The van der Waals surface area contributed by atoms with Gasteiger partial charge in [0.25, 0.3) is 5.91 Å². The number of piperazine rings is 1. The molecule has 8 heteroatoms. The van der Waals surface area contributed by atoms with E-state index in [4.69, 9.17) is 9.47 Å². The number of anilines is 1. The van der Waals surface area contributed by atoms with Gasteiger partial charge in [-0.3, -0.25) is 4.79 Å². The number of halogens is 2. The van der Waals surface area contributed by atoms with Crippen LogP contribution in [-0.2, 0) is 6.54 Å². The predicted octanol–water partition coefficient (Wildman–Crippen LogP) is 5.50. The van der Waals surface area contributed by atoms with Gasteiger partial charge >= 0.3 is 0 Å². The Morgan fingerprint density at radius 1 is 0.947 bits per heavy atom. The highest BCUT2D eigenvalue weighted by Gasteiger charge is 2.27. The molecule has 1 aromatic heterocycles. The topological polar surface area (TPSA) is 46.9 Å². The highest BCUT2D eigenvalue weighted by molar-refractivity contribution is 6.00. The first kappa shape index (κ1) is 25.3. The van der Waals surface area contributed by atoms with Crippen molar-refractivity contribution >= 4 is 22.5 Å². The summed E-state index contributed by atoms with van der Waals surface area (Å²) in [5.41, 5.74) is 2.78. The van der Waals surface area contributed by atoms with Gasteiger partial charge in [-0.25, -0.2) is 8.78 Å². The van der Waals surface area contributed by atoms with E-state index >= 15 is 0 Å². The van der Waals surface area contributed by atoms with Crippen LogP contribution < -0.4 is 14.4 Å². The Hall–Kier alpha value is -4.33. The van der Waals surface area contributed by atoms with Crippen LogP contribution in [-0.4, -0.2) is 55.3 Å². The maximum Gasteiger partial charge on any atom is 0.270 e. The molecule has 3 aromatic carbocycles. The number of ether oxygens (including phenoxy) is 2. The normalized spacial score (nSPS) is 13.6. The second-order valence-electron chi connectivity index (χ2n) is 9.10. The minimum absolute atomic E-state index is 0.127. The van der Waals surface area contributed by atoms with Crippen molar-refractivity contribution < 1.29 is 23.0 Å². The Kier molecular flexibility index (Phi) is 7.31. The maximum atomic E-state index is 14.0. The second-order valence-corrected chi connectivity index (χ2v) is 9.10. The van der Waals surface area contributed by atoms with E-state index in [2.05, 4.69) is 11.5 Å². The van der Waals surface area contributed by atoms with Gasteiger partial charge in [-0.05, 0) is 48.0 Å². The van der Waals surface area contributed by atoms with Crippen molar-refractivity contribution in [2.24, 2.45) is 0 Å². The molecule has 0 aliphatic carbocycles. The van der Waals surface area contributed by atoms with Crippen LogP contribution in [0.2, 0.25) is 0 Å². The Labute approximate surface area is 220 Å². The lowest BCUT2D eigenvalue weighted by atomic mass is 10.2. The lowest BCUT2D eigenvalue weighted by molar-refractivity contribution is 0.0737. The zero-order valence-electron chi connectivity index (χ0n) is 21.2. The number of carbonyl (C=O) groups is 1. The van der Waals surface area contributed by atoms with Gasteiger partial charge in [-0.15, -0.1) is 0 Å². The fraction of sp³-hybridized carbons (Fsp3) is 0.233. The van der Waals surface area contributed by atoms with E-state index in [0.29, 0.717) is 49.8 Å². The molecule has 1 fully saturated rings. The van der Waals surface area contributed by atoms with Gasteiger partial charge in [0, 0.05) is 38.1 Å². The average molecular weight is 518 g/mol. The minimum atomic E-state index is -0.922. The van der Waals surface area contributed by atoms with Gasteiger partial charge in [0.15, 0.2) is 11.6 Å². The number of nitrogens with zero attached hydrogens (tertiary/aromatic N) is 3. The molecule has 1 aliphatic rings. The average Bonchev–Trinajstić information content (AvgIpc) is 3.32. The predicted molar refractivity (Wildman–Crippen MR) is 144 cm³/mol. The van der Waals surface area contributed by atoms with Crippen molar-refractivity contribution in [3.8, 4) is 11.5 Å². The molecule has 0 radical (unpaired) electrons. The fourth-order valence-corrected chi connectivity index (χ4v) is 4.90. The molecule has 1 saturated heterocycles. The van der Waals surface area contributed by atoms with E-state index in [1.54, 1.807) is 13.2 Å². The standard InChI is InChI=1S/C30H29F2N3O3/c1-3-17-38-28-10-6-8-25-22(28)19-27(35(25)20-21-11-12-23(31)24(32)18-21)30(36)34-15-13-33(14-16-34)26-7-4-5-9-29(26)37-2/h3-12,18-19H,1,13-17,20H2,2H3. The third-order valence-electron chi connectivity index (χ3n) is 6.80. The van der Waals surface area contributed by atoms with Crippen LogP contribution in [0.25, 0.3) is 10.9 Å². The number of rotatable bonds is 8. The first-order chi connectivity index (χ1) is 18.5. The summed E-state index contributed by atoms with van der Waals surface area (Å²) in [7, 11) is 1.65. The summed E-state index contributed by atoms with van der Waals surface area (Å²) >= 11 is 0. The molecule has 38 heavy (non-hydrogen) atoms. The number of benzene rings is 3. The smallest absolute Gasteiger partial charge is 0.270 e. The zero-order valence-corrected chi connectivity index (χ0v) is 21.2. The summed E-state index contributed by atoms with van der Waals surface area (Å²) in [4.78, 5) is 17.9. The number of methoxy groups -OCH3 is 1. The van der Waals surface area contributed by atoms with Crippen LogP contribution in [0.4, 0.5) is 14.5 Å². The zero-order chi connectivity index (χ0) is 26.6. The van der Waals surface area contributed by atoms with Crippen LogP contribution >= 0.6 is 0 Å². The fourth-order valence-electron chi connectivity index (χ4n) is 4.90. The summed E-state index contributed by atoms with van der Waals surface area (Å²) < 4.78 is 40.8. The van der Waals surface area contributed by atoms with Crippen molar-refractivity contribution in [1.29, 1.82) is 0 Å². The number of fused-ring (bicyclic) bond motifs is 1. The number of amides is 1. The Morgan fingerprint density at radius 2 is 1.71 bits per heavy atom. The number of hydrogen-bond acceptors (Lipinski definition) is 4. The van der Waals surface area contributed by atoms with Crippen molar-refractivity contribution in [3.63, 3.8) is 0 Å². The van der Waals surface area contributed by atoms with E-state index in [1.165, 1.54) is 12.1 Å². The van der Waals surface area contributed by atoms with Crippen molar-refractivity contribution in [2.45, 2.75) is 6.54 Å². The first-order valence-corrected chi connectivity index (χ1v) is 12.5. The summed E-state index contributed by atoms with van der Waals surface area (Å²) in [6.07, 6.45) is 1.66. The summed E-state index contributed by atoms with van der Waals surface area (Å²) in [5, 5.41) is 0.771. The van der Waals surface area contributed by atoms with Crippen molar-refractivity contribution in [2.75, 3.05) is 44.8 Å². The third kappa shape index (κ3) is 4.94. The van der Waals surface area contributed by atoms with Crippen LogP contribution in [0.1, 0.15) is 16.1 Å². The summed E-state index contributed by atoms with van der Waals surface area (Å²) in [6.45, 7) is 6.61. The van der Waals surface area contributed by atoms with E-state index in [1.807, 2.05) is 58.0 Å². The number of para-hydroxylation sites is 2. The Bertz CT molecular complexity index is 1480. The first-order valence-electron chi connectivity index (χ1n) is 12.5. The number of hydrogen-bond donors (Lipinski definition) is 0. The molecule has 4 aromatic rings. The van der Waals surface area contributed by atoms with Crippen LogP contribution in [0.3, 0.4) is 0 Å². The highest BCUT2D eigenvalue weighted by Crippen LogP contribution is 2.32. The molecular weight excluding hydrogens is 488 g/mol. The van der Waals surface area contributed by atoms with Gasteiger partial charge in [-0.2, -0.15) is 0 Å². The van der Waals surface area contributed by atoms with Crippen LogP contribution in [0.5, 0.6) is 11.5 Å². The summed E-state index contributed by atoms with van der Waals surface area (Å²) in [5.74, 6) is -0.532. The third-order valence-corrected chi connectivity index (χ3v) is 6.80. The molecule has 5 rings (SSSR count). The highest BCUT2D eigenvalue weighted by atomic mass is 19.2. The molecule has 196 valence electrons. The van der Waals surface area contributed by atoms with Gasteiger partial charge in [0.1, 0.15) is 23.8 Å². The van der Waals surface area contributed by atoms with Gasteiger partial charge < -0.3 is 23.8 Å². The van der Waals surface area contributed by atoms with Crippen molar-refractivity contribution in [1.82, 2.24) is 9.47 Å². The molecule has 0 unspecified atom stereocenters. The molecule has 0 bridgehead atoms. The van der Waals surface area contributed by atoms with Crippen molar-refractivity contribution in [3.05, 3.63) is 102 Å². The number of carbonyl (C=O) groups excluding carboxylic acids is 1. The molecule has 1 amide bonds. The molecular formula is C30H29F2N3O3. The SMILES string of the molecule is C=CCOc1cccc2c1cc(C(=O)N1CCN(c3ccccc3OC)CC1)n2Cc1ccc(F)c(F)c1. The molecule has 0 atom stereocenters. The molecule has 2 heterocycles. The molecule has 6 nitrogen and oxygen atoms in total. The number of aromatic nitrogens is 1. The van der Waals surface area contributed by atoms with E-state index in [9.17, 15) is 13.6 Å². The van der Waals surface area contributed by atoms with E-state index in [0.717, 1.165) is 28.4 Å². The molecule has 0 N–H and O–H groups in total. The minimum Gasteiger partial charge on any atom is -0.495 e. The van der Waals surface area contributed by atoms with Gasteiger partial charge in [-0.1, -0.05) is 36.9 Å². The molecule has 0 spiro atoms. The lowest BCUT2D eigenvalue weighted by Crippen LogP contribution is -2.49. The Balaban J connectivity index is 1.46. The lowest BCUT2D eigenvalue weighted by Gasteiger charge is -2.36. The van der Waals surface area contributed by atoms with Gasteiger partial charge in [0.05, 0.1) is 18.3 Å². The van der Waals surface area contributed by atoms with E-state index < -0.39 is 11.6 Å². The summed E-state index contributed by atoms with van der Waals surface area (Å²) in [6, 6.07) is 19.1.